The zero-order chi connectivity index (χ0) is 17.3. The summed E-state index contributed by atoms with van der Waals surface area (Å²) in [5.74, 6) is -0.857. The average Bonchev–Trinajstić information content (AvgIpc) is 2.85. The van der Waals surface area contributed by atoms with Gasteiger partial charge in [-0.3, -0.25) is 4.79 Å². The summed E-state index contributed by atoms with van der Waals surface area (Å²) in [5.41, 5.74) is 4.75. The number of hydrogen-bond donors (Lipinski definition) is 2. The molecule has 3 rings (SSSR count). The quantitative estimate of drug-likeness (QED) is 0.582. The van der Waals surface area contributed by atoms with Crippen molar-refractivity contribution in [2.75, 3.05) is 6.54 Å². The summed E-state index contributed by atoms with van der Waals surface area (Å²) in [7, 11) is 0. The van der Waals surface area contributed by atoms with Crippen molar-refractivity contribution in [2.45, 2.75) is 20.3 Å². The van der Waals surface area contributed by atoms with E-state index < -0.39 is 5.82 Å². The summed E-state index contributed by atoms with van der Waals surface area (Å²) in [4.78, 5) is 15.7. The van der Waals surface area contributed by atoms with Gasteiger partial charge in [0.05, 0.1) is 5.56 Å². The van der Waals surface area contributed by atoms with Gasteiger partial charge in [0.1, 0.15) is 5.82 Å². The molecule has 0 radical (unpaired) electrons. The molecular formula is C19H18FIN2O. The number of nitrogens with one attached hydrogen (secondary N) is 2. The SMILES string of the molecule is Cc1[nH]c2c(C)cccc2c1CCNC(=O)c1c(F)cccc1I. The lowest BCUT2D eigenvalue weighted by atomic mass is 10.1. The van der Waals surface area contributed by atoms with Gasteiger partial charge in [-0.25, -0.2) is 4.39 Å². The zero-order valence-electron chi connectivity index (χ0n) is 13.5. The van der Waals surface area contributed by atoms with Crippen molar-refractivity contribution >= 4 is 39.4 Å². The Morgan fingerprint density at radius 3 is 2.71 bits per heavy atom. The first-order valence-electron chi connectivity index (χ1n) is 7.78. The van der Waals surface area contributed by atoms with E-state index in [9.17, 15) is 9.18 Å². The second-order valence-corrected chi connectivity index (χ2v) is 6.99. The molecule has 0 saturated carbocycles. The number of para-hydroxylation sites is 1. The highest BCUT2D eigenvalue weighted by atomic mass is 127. The van der Waals surface area contributed by atoms with Gasteiger partial charge < -0.3 is 10.3 Å². The maximum atomic E-state index is 13.8. The number of aryl methyl sites for hydroxylation is 2. The van der Waals surface area contributed by atoms with Crippen LogP contribution in [0.2, 0.25) is 0 Å². The van der Waals surface area contributed by atoms with Gasteiger partial charge in [-0.1, -0.05) is 24.3 Å². The average molecular weight is 436 g/mol. The molecule has 0 aliphatic rings. The monoisotopic (exact) mass is 436 g/mol. The van der Waals surface area contributed by atoms with Gasteiger partial charge in [-0.15, -0.1) is 0 Å². The first kappa shape index (κ1) is 17.0. The molecule has 5 heteroatoms. The molecule has 0 saturated heterocycles. The Balaban J connectivity index is 1.74. The summed E-state index contributed by atoms with van der Waals surface area (Å²) >= 11 is 1.98. The highest BCUT2D eigenvalue weighted by Gasteiger charge is 2.15. The van der Waals surface area contributed by atoms with E-state index in [1.807, 2.05) is 35.6 Å². The molecule has 2 N–H and O–H groups in total. The second-order valence-electron chi connectivity index (χ2n) is 5.83. The molecule has 1 aromatic heterocycles. The Morgan fingerprint density at radius 1 is 1.21 bits per heavy atom. The third kappa shape index (κ3) is 3.17. The van der Waals surface area contributed by atoms with Crippen LogP contribution in [0.25, 0.3) is 10.9 Å². The number of hydrogen-bond acceptors (Lipinski definition) is 1. The van der Waals surface area contributed by atoms with E-state index in [0.29, 0.717) is 16.5 Å². The van der Waals surface area contributed by atoms with Gasteiger partial charge in [0, 0.05) is 26.7 Å². The van der Waals surface area contributed by atoms with Crippen LogP contribution in [0.1, 0.15) is 27.2 Å². The number of rotatable bonds is 4. The number of carbonyl (C=O) groups excluding carboxylic acids is 1. The van der Waals surface area contributed by atoms with Gasteiger partial charge in [-0.2, -0.15) is 0 Å². The molecule has 3 nitrogen and oxygen atoms in total. The Hall–Kier alpha value is -1.89. The molecule has 1 heterocycles. The van der Waals surface area contributed by atoms with Crippen LogP contribution in [-0.2, 0) is 6.42 Å². The summed E-state index contributed by atoms with van der Waals surface area (Å²) in [6.07, 6.45) is 0.700. The maximum Gasteiger partial charge on any atom is 0.255 e. The van der Waals surface area contributed by atoms with Crippen molar-refractivity contribution in [1.29, 1.82) is 0 Å². The van der Waals surface area contributed by atoms with Crippen molar-refractivity contribution < 1.29 is 9.18 Å². The molecule has 0 aliphatic carbocycles. The maximum absolute atomic E-state index is 13.8. The fraction of sp³-hybridized carbons (Fsp3) is 0.211. The summed E-state index contributed by atoms with van der Waals surface area (Å²) < 4.78 is 14.5. The largest absolute Gasteiger partial charge is 0.358 e. The van der Waals surface area contributed by atoms with E-state index >= 15 is 0 Å². The molecule has 1 amide bonds. The normalized spacial score (nSPS) is 11.0. The molecule has 0 aliphatic heterocycles. The van der Waals surface area contributed by atoms with Crippen LogP contribution in [0.15, 0.2) is 36.4 Å². The number of benzene rings is 2. The Kier molecular flexibility index (Phi) is 4.89. The molecule has 2 aromatic carbocycles. The highest BCUT2D eigenvalue weighted by molar-refractivity contribution is 14.1. The lowest BCUT2D eigenvalue weighted by Crippen LogP contribution is -2.27. The van der Waals surface area contributed by atoms with Crippen LogP contribution < -0.4 is 5.32 Å². The van der Waals surface area contributed by atoms with Gasteiger partial charge in [0.25, 0.3) is 5.91 Å². The molecule has 0 atom stereocenters. The van der Waals surface area contributed by atoms with Gasteiger partial charge in [-0.05, 0) is 66.1 Å². The van der Waals surface area contributed by atoms with Crippen LogP contribution >= 0.6 is 22.6 Å². The predicted octanol–water partition coefficient (Wildman–Crippen LogP) is 4.50. The molecular weight excluding hydrogens is 418 g/mol. The predicted molar refractivity (Wildman–Crippen MR) is 103 cm³/mol. The lowest BCUT2D eigenvalue weighted by molar-refractivity contribution is 0.0949. The number of aromatic nitrogens is 1. The third-order valence-electron chi connectivity index (χ3n) is 4.21. The number of amides is 1. The topological polar surface area (TPSA) is 44.9 Å². The van der Waals surface area contributed by atoms with Crippen molar-refractivity contribution in [3.8, 4) is 0 Å². The van der Waals surface area contributed by atoms with Crippen molar-refractivity contribution in [2.24, 2.45) is 0 Å². The number of H-pyrrole nitrogens is 1. The minimum Gasteiger partial charge on any atom is -0.358 e. The first-order valence-corrected chi connectivity index (χ1v) is 8.86. The van der Waals surface area contributed by atoms with Crippen LogP contribution in [0, 0.1) is 23.2 Å². The van der Waals surface area contributed by atoms with Crippen molar-refractivity contribution in [1.82, 2.24) is 10.3 Å². The summed E-state index contributed by atoms with van der Waals surface area (Å²) in [5, 5.41) is 4.01. The third-order valence-corrected chi connectivity index (χ3v) is 5.11. The molecule has 24 heavy (non-hydrogen) atoms. The van der Waals surface area contributed by atoms with Crippen LogP contribution in [0.5, 0.6) is 0 Å². The van der Waals surface area contributed by atoms with Crippen LogP contribution in [-0.4, -0.2) is 17.4 Å². The summed E-state index contributed by atoms with van der Waals surface area (Å²) in [6.45, 7) is 4.57. The van der Waals surface area contributed by atoms with Crippen LogP contribution in [0.4, 0.5) is 4.39 Å². The number of carbonyl (C=O) groups is 1. The van der Waals surface area contributed by atoms with Crippen molar-refractivity contribution in [3.05, 3.63) is 68.2 Å². The first-order chi connectivity index (χ1) is 11.5. The minimum atomic E-state index is -0.488. The highest BCUT2D eigenvalue weighted by Crippen LogP contribution is 2.25. The van der Waals surface area contributed by atoms with E-state index in [4.69, 9.17) is 0 Å². The van der Waals surface area contributed by atoms with Gasteiger partial charge in [0.2, 0.25) is 0 Å². The van der Waals surface area contributed by atoms with Gasteiger partial charge >= 0.3 is 0 Å². The van der Waals surface area contributed by atoms with E-state index in [-0.39, 0.29) is 11.5 Å². The molecule has 0 unspecified atom stereocenters. The fourth-order valence-electron chi connectivity index (χ4n) is 2.98. The minimum absolute atomic E-state index is 0.115. The van der Waals surface area contributed by atoms with Crippen LogP contribution in [0.3, 0.4) is 0 Å². The molecule has 124 valence electrons. The zero-order valence-corrected chi connectivity index (χ0v) is 15.7. The Morgan fingerprint density at radius 2 is 1.96 bits per heavy atom. The lowest BCUT2D eigenvalue weighted by Gasteiger charge is -2.08. The number of fused-ring (bicyclic) bond motifs is 1. The van der Waals surface area contributed by atoms with Gasteiger partial charge in [0.15, 0.2) is 0 Å². The van der Waals surface area contributed by atoms with E-state index in [0.717, 1.165) is 11.2 Å². The standard InChI is InChI=1S/C19H18FIN2O/c1-11-5-3-6-14-13(12(2)23-18(11)14)9-10-22-19(24)17-15(20)7-4-8-16(17)21/h3-8,23H,9-10H2,1-2H3,(H,22,24). The molecule has 0 spiro atoms. The Bertz CT molecular complexity index is 897. The van der Waals surface area contributed by atoms with E-state index in [2.05, 4.69) is 29.4 Å². The van der Waals surface area contributed by atoms with Crippen molar-refractivity contribution in [3.63, 3.8) is 0 Å². The Labute approximate surface area is 153 Å². The van der Waals surface area contributed by atoms with E-state index in [1.54, 1.807) is 12.1 Å². The molecule has 0 bridgehead atoms. The van der Waals surface area contributed by atoms with E-state index in [1.165, 1.54) is 22.6 Å². The smallest absolute Gasteiger partial charge is 0.255 e. The second kappa shape index (κ2) is 6.93. The number of halogens is 2. The summed E-state index contributed by atoms with van der Waals surface area (Å²) in [6, 6.07) is 10.8. The fourth-order valence-corrected chi connectivity index (χ4v) is 3.69. The number of aromatic amines is 1. The molecule has 0 fully saturated rings. The molecule has 3 aromatic rings.